The van der Waals surface area contributed by atoms with Crippen molar-refractivity contribution in [3.05, 3.63) is 124 Å². The van der Waals surface area contributed by atoms with E-state index in [9.17, 15) is 22.4 Å². The molecule has 0 spiro atoms. The lowest BCUT2D eigenvalue weighted by Gasteiger charge is -2.34. The van der Waals surface area contributed by atoms with Gasteiger partial charge in [0.1, 0.15) is 24.2 Å². The van der Waals surface area contributed by atoms with Crippen LogP contribution in [0.1, 0.15) is 30.0 Å². The number of sulfonamides is 1. The summed E-state index contributed by atoms with van der Waals surface area (Å²) in [6.45, 7) is 3.56. The van der Waals surface area contributed by atoms with E-state index in [0.29, 0.717) is 28.8 Å². The monoisotopic (exact) mass is 709 g/mol. The van der Waals surface area contributed by atoms with E-state index in [1.807, 2.05) is 44.2 Å². The number of rotatable bonds is 14. The van der Waals surface area contributed by atoms with Crippen molar-refractivity contribution >= 4 is 43.5 Å². The van der Waals surface area contributed by atoms with Gasteiger partial charge < -0.3 is 15.0 Å². The fraction of sp³-hybridized carbons (Fsp3) is 0.257. The summed E-state index contributed by atoms with van der Waals surface area (Å²) in [5.74, 6) is -0.965. The second-order valence-electron chi connectivity index (χ2n) is 10.8. The van der Waals surface area contributed by atoms with Gasteiger partial charge in [-0.25, -0.2) is 12.8 Å². The van der Waals surface area contributed by atoms with Crippen molar-refractivity contribution in [2.45, 2.75) is 44.2 Å². The molecule has 0 aliphatic carbocycles. The zero-order valence-corrected chi connectivity index (χ0v) is 28.4. The van der Waals surface area contributed by atoms with Crippen LogP contribution in [0.25, 0.3) is 0 Å². The third kappa shape index (κ3) is 8.73. The molecule has 0 bridgehead atoms. The zero-order valence-electron chi connectivity index (χ0n) is 26.0. The average molecular weight is 711 g/mol. The Kier molecular flexibility index (Phi) is 11.9. The molecule has 0 aliphatic rings. The van der Waals surface area contributed by atoms with E-state index in [0.717, 1.165) is 15.4 Å². The zero-order chi connectivity index (χ0) is 33.3. The SMILES string of the molecule is CCCNC(=O)C(Cc1ccccc1)N(Cc1ccc(F)cc1)C(=O)CN(c1ccc(C)cc1)S(=O)(=O)c1ccc(OC)c(Br)c1. The number of hydrogen-bond donors (Lipinski definition) is 1. The Morgan fingerprint density at radius 2 is 1.61 bits per heavy atom. The number of hydrogen-bond acceptors (Lipinski definition) is 5. The Hall–Kier alpha value is -4.22. The number of methoxy groups -OCH3 is 1. The molecule has 0 heterocycles. The summed E-state index contributed by atoms with van der Waals surface area (Å²) >= 11 is 3.36. The van der Waals surface area contributed by atoms with E-state index in [1.165, 1.54) is 42.3 Å². The molecule has 0 aliphatic heterocycles. The molecule has 0 saturated heterocycles. The van der Waals surface area contributed by atoms with E-state index >= 15 is 0 Å². The minimum Gasteiger partial charge on any atom is -0.496 e. The van der Waals surface area contributed by atoms with Crippen LogP contribution in [-0.2, 0) is 32.6 Å². The molecule has 0 aromatic heterocycles. The van der Waals surface area contributed by atoms with Crippen LogP contribution >= 0.6 is 15.9 Å². The molecule has 4 aromatic rings. The fourth-order valence-corrected chi connectivity index (χ4v) is 7.01. The van der Waals surface area contributed by atoms with Crippen LogP contribution in [0.3, 0.4) is 0 Å². The number of benzene rings is 4. The van der Waals surface area contributed by atoms with Crippen molar-refractivity contribution in [1.82, 2.24) is 10.2 Å². The van der Waals surface area contributed by atoms with Crippen molar-refractivity contribution in [2.75, 3.05) is 24.5 Å². The molecule has 8 nitrogen and oxygen atoms in total. The molecule has 46 heavy (non-hydrogen) atoms. The molecule has 4 aromatic carbocycles. The van der Waals surface area contributed by atoms with Gasteiger partial charge in [-0.2, -0.15) is 0 Å². The van der Waals surface area contributed by atoms with Gasteiger partial charge in [-0.05, 0) is 82.9 Å². The first kappa shape index (κ1) is 34.6. The number of ether oxygens (including phenoxy) is 1. The predicted octanol–water partition coefficient (Wildman–Crippen LogP) is 6.27. The fourth-order valence-electron chi connectivity index (χ4n) is 4.88. The number of nitrogens with one attached hydrogen (secondary N) is 1. The van der Waals surface area contributed by atoms with Gasteiger partial charge in [0, 0.05) is 19.5 Å². The van der Waals surface area contributed by atoms with Crippen LogP contribution < -0.4 is 14.4 Å². The first-order valence-electron chi connectivity index (χ1n) is 14.8. The van der Waals surface area contributed by atoms with Gasteiger partial charge in [0.2, 0.25) is 11.8 Å². The number of amides is 2. The van der Waals surface area contributed by atoms with Crippen LogP contribution in [0, 0.1) is 12.7 Å². The second kappa shape index (κ2) is 15.9. The molecule has 1 atom stereocenters. The molecule has 11 heteroatoms. The number of nitrogens with zero attached hydrogens (tertiary/aromatic N) is 2. The van der Waals surface area contributed by atoms with E-state index in [-0.39, 0.29) is 29.5 Å². The predicted molar refractivity (Wildman–Crippen MR) is 181 cm³/mol. The Morgan fingerprint density at radius 1 is 0.935 bits per heavy atom. The van der Waals surface area contributed by atoms with Crippen molar-refractivity contribution in [1.29, 1.82) is 0 Å². The summed E-state index contributed by atoms with van der Waals surface area (Å²) in [6, 6.07) is 25.1. The minimum atomic E-state index is -4.29. The van der Waals surface area contributed by atoms with Gasteiger partial charge in [0.25, 0.3) is 10.0 Å². The highest BCUT2D eigenvalue weighted by Gasteiger charge is 2.34. The standard InChI is InChI=1S/C35H37BrFN3O5S/c1-4-20-38-35(42)32(21-26-8-6-5-7-9-26)39(23-27-12-14-28(37)15-13-27)34(41)24-40(29-16-10-25(2)11-17-29)46(43,44)30-18-19-33(45-3)31(36)22-30/h5-19,22,32H,4,20-21,23-24H2,1-3H3,(H,38,42). The number of carbonyl (C=O) groups excluding carboxylic acids is 2. The molecule has 0 radical (unpaired) electrons. The third-order valence-corrected chi connectivity index (χ3v) is 9.79. The second-order valence-corrected chi connectivity index (χ2v) is 13.5. The van der Waals surface area contributed by atoms with Crippen LogP contribution in [0.2, 0.25) is 0 Å². The molecule has 1 unspecified atom stereocenters. The third-order valence-electron chi connectivity index (χ3n) is 7.40. The van der Waals surface area contributed by atoms with Gasteiger partial charge in [0.15, 0.2) is 0 Å². The number of carbonyl (C=O) groups is 2. The van der Waals surface area contributed by atoms with E-state index in [4.69, 9.17) is 4.74 Å². The summed E-state index contributed by atoms with van der Waals surface area (Å²) in [4.78, 5) is 29.5. The number of aryl methyl sites for hydroxylation is 1. The molecule has 4 rings (SSSR count). The lowest BCUT2D eigenvalue weighted by atomic mass is 10.0. The normalized spacial score (nSPS) is 11.8. The number of anilines is 1. The Labute approximate surface area is 278 Å². The summed E-state index contributed by atoms with van der Waals surface area (Å²) in [5, 5.41) is 2.91. The lowest BCUT2D eigenvalue weighted by molar-refractivity contribution is -0.140. The largest absolute Gasteiger partial charge is 0.496 e. The molecular weight excluding hydrogens is 673 g/mol. The highest BCUT2D eigenvalue weighted by atomic mass is 79.9. The molecule has 1 N–H and O–H groups in total. The van der Waals surface area contributed by atoms with Gasteiger partial charge >= 0.3 is 0 Å². The van der Waals surface area contributed by atoms with Crippen LogP contribution in [0.5, 0.6) is 5.75 Å². The van der Waals surface area contributed by atoms with E-state index in [2.05, 4.69) is 21.2 Å². The molecule has 0 fully saturated rings. The van der Waals surface area contributed by atoms with Crippen molar-refractivity contribution < 1.29 is 27.1 Å². The van der Waals surface area contributed by atoms with E-state index in [1.54, 1.807) is 36.4 Å². The average Bonchev–Trinajstić information content (AvgIpc) is 3.05. The highest BCUT2D eigenvalue weighted by molar-refractivity contribution is 9.10. The summed E-state index contributed by atoms with van der Waals surface area (Å²) in [5.41, 5.74) is 2.60. The van der Waals surface area contributed by atoms with Gasteiger partial charge in [-0.1, -0.05) is 67.1 Å². The van der Waals surface area contributed by atoms with Gasteiger partial charge in [-0.15, -0.1) is 0 Å². The van der Waals surface area contributed by atoms with Gasteiger partial charge in [-0.3, -0.25) is 13.9 Å². The van der Waals surface area contributed by atoms with E-state index < -0.39 is 34.3 Å². The quantitative estimate of drug-likeness (QED) is 0.167. The first-order valence-corrected chi connectivity index (χ1v) is 17.0. The van der Waals surface area contributed by atoms with Crippen molar-refractivity contribution in [3.63, 3.8) is 0 Å². The first-order chi connectivity index (χ1) is 22.0. The smallest absolute Gasteiger partial charge is 0.264 e. The topological polar surface area (TPSA) is 96.0 Å². The molecule has 0 saturated carbocycles. The van der Waals surface area contributed by atoms with Crippen LogP contribution in [0.15, 0.2) is 106 Å². The maximum atomic E-state index is 14.5. The van der Waals surface area contributed by atoms with Crippen molar-refractivity contribution in [2.24, 2.45) is 0 Å². The van der Waals surface area contributed by atoms with Crippen LogP contribution in [-0.4, -0.2) is 51.4 Å². The maximum absolute atomic E-state index is 14.5. The summed E-state index contributed by atoms with van der Waals surface area (Å²) in [7, 11) is -2.81. The molecule has 242 valence electrons. The minimum absolute atomic E-state index is 0.0496. The number of halogens is 2. The highest BCUT2D eigenvalue weighted by Crippen LogP contribution is 2.31. The van der Waals surface area contributed by atoms with Crippen molar-refractivity contribution in [3.8, 4) is 5.75 Å². The Bertz CT molecular complexity index is 1740. The molecule has 2 amide bonds. The van der Waals surface area contributed by atoms with Gasteiger partial charge in [0.05, 0.1) is 22.2 Å². The maximum Gasteiger partial charge on any atom is 0.264 e. The van der Waals surface area contributed by atoms with Crippen LogP contribution in [0.4, 0.5) is 10.1 Å². The Balaban J connectivity index is 1.80. The molecular formula is C35H37BrFN3O5S. The lowest BCUT2D eigenvalue weighted by Crippen LogP contribution is -2.53. The summed E-state index contributed by atoms with van der Waals surface area (Å²) in [6.07, 6.45) is 0.874. The Morgan fingerprint density at radius 3 is 2.22 bits per heavy atom. The summed E-state index contributed by atoms with van der Waals surface area (Å²) < 4.78 is 49.0.